The van der Waals surface area contributed by atoms with Crippen molar-refractivity contribution in [3.63, 3.8) is 0 Å². The van der Waals surface area contributed by atoms with E-state index in [4.69, 9.17) is 4.74 Å². The van der Waals surface area contributed by atoms with Gasteiger partial charge in [0.2, 0.25) is 0 Å². The van der Waals surface area contributed by atoms with Gasteiger partial charge in [-0.2, -0.15) is 0 Å². The van der Waals surface area contributed by atoms with Crippen LogP contribution >= 0.6 is 0 Å². The number of rotatable bonds is 1. The Bertz CT molecular complexity index is 477. The van der Waals surface area contributed by atoms with E-state index in [2.05, 4.69) is 5.32 Å². The van der Waals surface area contributed by atoms with E-state index in [1.807, 2.05) is 26.8 Å². The number of phenolic OH excluding ortho intramolecular Hbond substituents is 1. The molecular weight excluding hydrogens is 242 g/mol. The summed E-state index contributed by atoms with van der Waals surface area (Å²) >= 11 is 0. The largest absolute Gasteiger partial charge is 0.508 e. The molecule has 0 radical (unpaired) electrons. The molecule has 1 heterocycles. The lowest BCUT2D eigenvalue weighted by atomic mass is 10.0. The summed E-state index contributed by atoms with van der Waals surface area (Å²) in [6.07, 6.45) is 1.45. The van der Waals surface area contributed by atoms with Gasteiger partial charge in [0.05, 0.1) is 0 Å². The van der Waals surface area contributed by atoms with Crippen LogP contribution in [0.3, 0.4) is 0 Å². The van der Waals surface area contributed by atoms with Crippen molar-refractivity contribution in [3.05, 3.63) is 29.3 Å². The number of aryl methyl sites for hydroxylation is 1. The second kappa shape index (κ2) is 5.21. The third-order valence-corrected chi connectivity index (χ3v) is 3.12. The number of aromatic hydroxyl groups is 1. The van der Waals surface area contributed by atoms with Crippen molar-refractivity contribution in [2.45, 2.75) is 51.8 Å². The van der Waals surface area contributed by atoms with Gasteiger partial charge in [0.15, 0.2) is 0 Å². The summed E-state index contributed by atoms with van der Waals surface area (Å²) in [6.45, 7) is 6.23. The van der Waals surface area contributed by atoms with E-state index >= 15 is 0 Å². The highest BCUT2D eigenvalue weighted by atomic mass is 16.6. The molecule has 0 saturated carbocycles. The zero-order valence-electron chi connectivity index (χ0n) is 11.7. The minimum atomic E-state index is -0.462. The second-order valence-corrected chi connectivity index (χ2v) is 5.96. The molecule has 1 atom stereocenters. The van der Waals surface area contributed by atoms with Crippen LogP contribution in [0.5, 0.6) is 5.75 Å². The molecule has 0 aromatic heterocycles. The summed E-state index contributed by atoms with van der Waals surface area (Å²) in [5.41, 5.74) is 1.76. The number of benzene rings is 1. The fourth-order valence-electron chi connectivity index (χ4n) is 2.23. The summed E-state index contributed by atoms with van der Waals surface area (Å²) < 4.78 is 5.40. The minimum Gasteiger partial charge on any atom is -0.508 e. The van der Waals surface area contributed by atoms with E-state index in [9.17, 15) is 9.90 Å². The quantitative estimate of drug-likeness (QED) is 0.762. The number of hydrogen-bond acceptors (Lipinski definition) is 4. The number of carbonyl (C=O) groups excluding carboxylic acids is 1. The lowest BCUT2D eigenvalue weighted by Gasteiger charge is -2.23. The Balaban J connectivity index is 2.05. The molecule has 0 aliphatic carbocycles. The summed E-state index contributed by atoms with van der Waals surface area (Å²) in [4.78, 5) is 12.1. The highest BCUT2D eigenvalue weighted by Crippen LogP contribution is 2.22. The first-order chi connectivity index (χ1) is 8.85. The topological polar surface area (TPSA) is 58.6 Å². The third-order valence-electron chi connectivity index (χ3n) is 3.12. The number of ether oxygens (including phenoxy) is 1. The maximum absolute atomic E-state index is 12.1. The first kappa shape index (κ1) is 13.9. The van der Waals surface area contributed by atoms with Crippen LogP contribution < -0.4 is 5.32 Å². The molecule has 2 N–H and O–H groups in total. The first-order valence-corrected chi connectivity index (χ1v) is 6.62. The van der Waals surface area contributed by atoms with Gasteiger partial charge < -0.3 is 15.2 Å². The fourth-order valence-corrected chi connectivity index (χ4v) is 2.23. The molecule has 1 aliphatic rings. The van der Waals surface area contributed by atoms with E-state index in [0.29, 0.717) is 13.0 Å². The van der Waals surface area contributed by atoms with Gasteiger partial charge in [-0.3, -0.25) is 4.79 Å². The van der Waals surface area contributed by atoms with Gasteiger partial charge >= 0.3 is 5.97 Å². The summed E-state index contributed by atoms with van der Waals surface area (Å²) in [6, 6.07) is 5.06. The summed E-state index contributed by atoms with van der Waals surface area (Å²) in [5.74, 6) is 0.0685. The number of esters is 1. The Morgan fingerprint density at radius 1 is 1.37 bits per heavy atom. The van der Waals surface area contributed by atoms with E-state index < -0.39 is 5.60 Å². The molecule has 0 spiro atoms. The minimum absolute atomic E-state index is 0.204. The Labute approximate surface area is 113 Å². The lowest BCUT2D eigenvalue weighted by molar-refractivity contribution is -0.157. The Hall–Kier alpha value is -1.55. The van der Waals surface area contributed by atoms with E-state index in [-0.39, 0.29) is 17.8 Å². The van der Waals surface area contributed by atoms with Gasteiger partial charge in [0.25, 0.3) is 0 Å². The van der Waals surface area contributed by atoms with Gasteiger partial charge in [-0.05, 0) is 56.9 Å². The Morgan fingerprint density at radius 2 is 2.11 bits per heavy atom. The number of phenols is 1. The third kappa shape index (κ3) is 3.70. The average molecular weight is 263 g/mol. The van der Waals surface area contributed by atoms with Gasteiger partial charge in [0, 0.05) is 6.54 Å². The van der Waals surface area contributed by atoms with Crippen molar-refractivity contribution >= 4 is 5.97 Å². The number of carbonyl (C=O) groups is 1. The summed E-state index contributed by atoms with van der Waals surface area (Å²) in [5, 5.41) is 12.7. The van der Waals surface area contributed by atoms with Gasteiger partial charge in [-0.25, -0.2) is 0 Å². The average Bonchev–Trinajstić information content (AvgIpc) is 2.48. The molecular formula is C15H21NO3. The van der Waals surface area contributed by atoms with Crippen molar-refractivity contribution < 1.29 is 14.6 Å². The zero-order chi connectivity index (χ0) is 14.0. The highest BCUT2D eigenvalue weighted by molar-refractivity contribution is 5.76. The van der Waals surface area contributed by atoms with Crippen molar-refractivity contribution in [3.8, 4) is 5.75 Å². The molecule has 0 amide bonds. The van der Waals surface area contributed by atoms with Crippen molar-refractivity contribution in [2.75, 3.05) is 0 Å². The van der Waals surface area contributed by atoms with Crippen LogP contribution in [0.15, 0.2) is 18.2 Å². The van der Waals surface area contributed by atoms with Crippen LogP contribution in [0.4, 0.5) is 0 Å². The molecule has 0 saturated heterocycles. The number of nitrogens with one attached hydrogen (secondary N) is 1. The molecule has 1 aliphatic heterocycles. The molecule has 4 nitrogen and oxygen atoms in total. The van der Waals surface area contributed by atoms with Crippen LogP contribution in [-0.4, -0.2) is 22.7 Å². The Morgan fingerprint density at radius 3 is 2.79 bits per heavy atom. The molecule has 4 heteroatoms. The maximum atomic E-state index is 12.1. The zero-order valence-corrected chi connectivity index (χ0v) is 11.7. The van der Waals surface area contributed by atoms with Gasteiger partial charge in [-0.15, -0.1) is 0 Å². The smallest absolute Gasteiger partial charge is 0.323 e. The Kier molecular flexibility index (Phi) is 3.80. The predicted molar refractivity (Wildman–Crippen MR) is 72.9 cm³/mol. The molecule has 104 valence electrons. The van der Waals surface area contributed by atoms with Gasteiger partial charge in [0.1, 0.15) is 17.4 Å². The summed E-state index contributed by atoms with van der Waals surface area (Å²) in [7, 11) is 0. The van der Waals surface area contributed by atoms with Crippen LogP contribution in [0.1, 0.15) is 38.3 Å². The van der Waals surface area contributed by atoms with Crippen LogP contribution in [0.2, 0.25) is 0 Å². The second-order valence-electron chi connectivity index (χ2n) is 5.96. The van der Waals surface area contributed by atoms with Crippen LogP contribution in [0.25, 0.3) is 0 Å². The molecule has 0 bridgehead atoms. The fraction of sp³-hybridized carbons (Fsp3) is 0.533. The molecule has 19 heavy (non-hydrogen) atoms. The van der Waals surface area contributed by atoms with Crippen LogP contribution in [-0.2, 0) is 22.5 Å². The maximum Gasteiger partial charge on any atom is 0.323 e. The van der Waals surface area contributed by atoms with Crippen molar-refractivity contribution in [1.82, 2.24) is 5.32 Å². The van der Waals surface area contributed by atoms with Gasteiger partial charge in [-0.1, -0.05) is 6.07 Å². The van der Waals surface area contributed by atoms with E-state index in [1.165, 1.54) is 0 Å². The molecule has 0 fully saturated rings. The standard InChI is InChI=1S/C15H21NO3/c1-15(2,3)19-14(18)13-7-5-10-8-12(17)6-4-11(10)9-16-13/h4,6,8,13,16-17H,5,7,9H2,1-3H3. The molecule has 1 aromatic rings. The normalized spacial score (nSPS) is 19.4. The van der Waals surface area contributed by atoms with Crippen molar-refractivity contribution in [2.24, 2.45) is 0 Å². The van der Waals surface area contributed by atoms with E-state index in [0.717, 1.165) is 17.5 Å². The predicted octanol–water partition coefficient (Wildman–Crippen LogP) is 2.14. The highest BCUT2D eigenvalue weighted by Gasteiger charge is 2.26. The van der Waals surface area contributed by atoms with E-state index in [1.54, 1.807) is 12.1 Å². The van der Waals surface area contributed by atoms with Crippen molar-refractivity contribution in [1.29, 1.82) is 0 Å². The van der Waals surface area contributed by atoms with Crippen LogP contribution in [0, 0.1) is 0 Å². The molecule has 1 unspecified atom stereocenters. The number of fused-ring (bicyclic) bond motifs is 1. The molecule has 1 aromatic carbocycles. The lowest BCUT2D eigenvalue weighted by Crippen LogP contribution is -2.40. The monoisotopic (exact) mass is 263 g/mol. The number of hydrogen-bond donors (Lipinski definition) is 2. The molecule has 2 rings (SSSR count). The first-order valence-electron chi connectivity index (χ1n) is 6.62. The SMILES string of the molecule is CC(C)(C)OC(=O)C1CCc2cc(O)ccc2CN1.